The molecule has 0 spiro atoms. The number of hydrogen-bond donors (Lipinski definition) is 1. The molecule has 0 saturated carbocycles. The molecule has 0 aliphatic rings. The molecule has 0 amide bonds. The molecular weight excluding hydrogens is 219 g/mol. The number of nitrogens with zero attached hydrogens (tertiary/aromatic N) is 3. The fraction of sp³-hybridized carbons (Fsp3) is 0.625. The minimum Gasteiger partial charge on any atom is -0.334 e. The van der Waals surface area contributed by atoms with E-state index in [1.54, 1.807) is 20.1 Å². The first kappa shape index (κ1) is 12.0. The highest BCUT2D eigenvalue weighted by atomic mass is 32.2. The number of hydrogen-bond acceptors (Lipinski definition) is 5. The van der Waals surface area contributed by atoms with Gasteiger partial charge >= 0.3 is 0 Å². The summed E-state index contributed by atoms with van der Waals surface area (Å²) in [5.41, 5.74) is -1.41. The Labute approximate surface area is 90.9 Å². The number of nitrogens with two attached hydrogens (primary N) is 1. The van der Waals surface area contributed by atoms with Crippen LogP contribution in [0, 0.1) is 0 Å². The minimum atomic E-state index is -0.956. The SMILES string of the molecule is CSc1nnc(C(C)(C)CF)c(=O)n1N. The van der Waals surface area contributed by atoms with Crippen molar-refractivity contribution in [3.8, 4) is 0 Å². The predicted molar refractivity (Wildman–Crippen MR) is 57.2 cm³/mol. The molecule has 0 bridgehead atoms. The average Bonchev–Trinajstić information content (AvgIpc) is 2.21. The van der Waals surface area contributed by atoms with Gasteiger partial charge in [0.1, 0.15) is 12.4 Å². The first-order valence-electron chi connectivity index (χ1n) is 4.29. The third-order valence-corrected chi connectivity index (χ3v) is 2.66. The van der Waals surface area contributed by atoms with Crippen LogP contribution in [0.25, 0.3) is 0 Å². The summed E-state index contributed by atoms with van der Waals surface area (Å²) in [6, 6.07) is 0. The Morgan fingerprint density at radius 1 is 1.53 bits per heavy atom. The van der Waals surface area contributed by atoms with Gasteiger partial charge in [-0.05, 0) is 6.26 Å². The van der Waals surface area contributed by atoms with Crippen LogP contribution in [0.5, 0.6) is 0 Å². The van der Waals surface area contributed by atoms with Crippen molar-refractivity contribution in [3.63, 3.8) is 0 Å². The highest BCUT2D eigenvalue weighted by Gasteiger charge is 2.27. The van der Waals surface area contributed by atoms with Gasteiger partial charge in [-0.2, -0.15) is 4.68 Å². The van der Waals surface area contributed by atoms with Gasteiger partial charge in [0, 0.05) is 5.41 Å². The molecule has 1 rings (SSSR count). The Morgan fingerprint density at radius 3 is 2.60 bits per heavy atom. The van der Waals surface area contributed by atoms with E-state index in [2.05, 4.69) is 10.2 Å². The summed E-state index contributed by atoms with van der Waals surface area (Å²) in [6.07, 6.45) is 1.73. The molecule has 0 saturated heterocycles. The van der Waals surface area contributed by atoms with Crippen LogP contribution < -0.4 is 11.4 Å². The molecule has 1 heterocycles. The van der Waals surface area contributed by atoms with Crippen LogP contribution in [0.1, 0.15) is 19.5 Å². The second-order valence-corrected chi connectivity index (χ2v) is 4.50. The number of thioether (sulfide) groups is 1. The fourth-order valence-electron chi connectivity index (χ4n) is 1.01. The topological polar surface area (TPSA) is 73.8 Å². The molecule has 0 atom stereocenters. The van der Waals surface area contributed by atoms with Crippen molar-refractivity contribution in [1.29, 1.82) is 0 Å². The van der Waals surface area contributed by atoms with Crippen LogP contribution in [-0.2, 0) is 5.41 Å². The lowest BCUT2D eigenvalue weighted by molar-refractivity contribution is 0.335. The molecule has 0 unspecified atom stereocenters. The molecule has 15 heavy (non-hydrogen) atoms. The number of rotatable bonds is 3. The molecule has 0 aliphatic heterocycles. The van der Waals surface area contributed by atoms with Crippen molar-refractivity contribution in [2.75, 3.05) is 18.8 Å². The van der Waals surface area contributed by atoms with E-state index >= 15 is 0 Å². The summed E-state index contributed by atoms with van der Waals surface area (Å²) in [5, 5.41) is 7.79. The van der Waals surface area contributed by atoms with Gasteiger partial charge in [-0.25, -0.2) is 0 Å². The third-order valence-electron chi connectivity index (χ3n) is 2.02. The van der Waals surface area contributed by atoms with Gasteiger partial charge < -0.3 is 5.84 Å². The van der Waals surface area contributed by atoms with E-state index in [1.165, 1.54) is 11.8 Å². The van der Waals surface area contributed by atoms with Crippen molar-refractivity contribution in [2.45, 2.75) is 24.4 Å². The zero-order chi connectivity index (χ0) is 11.6. The molecule has 0 aliphatic carbocycles. The van der Waals surface area contributed by atoms with Crippen molar-refractivity contribution >= 4 is 11.8 Å². The summed E-state index contributed by atoms with van der Waals surface area (Å²) in [6.45, 7) is 2.48. The Morgan fingerprint density at radius 2 is 2.13 bits per heavy atom. The molecule has 1 aromatic heterocycles. The van der Waals surface area contributed by atoms with Crippen LogP contribution in [0.4, 0.5) is 4.39 Å². The smallest absolute Gasteiger partial charge is 0.295 e. The quantitative estimate of drug-likeness (QED) is 0.600. The van der Waals surface area contributed by atoms with Crippen molar-refractivity contribution < 1.29 is 4.39 Å². The minimum absolute atomic E-state index is 0.0466. The zero-order valence-electron chi connectivity index (χ0n) is 8.82. The molecule has 84 valence electrons. The maximum Gasteiger partial charge on any atom is 0.295 e. The normalized spacial score (nSPS) is 11.7. The summed E-state index contributed by atoms with van der Waals surface area (Å²) in [5.74, 6) is 5.50. The van der Waals surface area contributed by atoms with E-state index in [1.807, 2.05) is 0 Å². The number of aromatic nitrogens is 3. The van der Waals surface area contributed by atoms with Gasteiger partial charge in [0.25, 0.3) is 5.56 Å². The lowest BCUT2D eigenvalue weighted by atomic mass is 9.91. The highest BCUT2D eigenvalue weighted by molar-refractivity contribution is 7.98. The average molecular weight is 232 g/mol. The summed E-state index contributed by atoms with van der Waals surface area (Å²) in [4.78, 5) is 11.7. The zero-order valence-corrected chi connectivity index (χ0v) is 9.64. The summed E-state index contributed by atoms with van der Waals surface area (Å²) < 4.78 is 13.6. The Bertz CT molecular complexity index is 418. The van der Waals surface area contributed by atoms with Gasteiger partial charge in [-0.15, -0.1) is 10.2 Å². The van der Waals surface area contributed by atoms with Crippen LogP contribution in [0.15, 0.2) is 9.95 Å². The van der Waals surface area contributed by atoms with Crippen molar-refractivity contribution in [1.82, 2.24) is 14.9 Å². The molecule has 0 radical (unpaired) electrons. The van der Waals surface area contributed by atoms with Gasteiger partial charge in [-0.1, -0.05) is 25.6 Å². The first-order valence-corrected chi connectivity index (χ1v) is 5.51. The van der Waals surface area contributed by atoms with Crippen molar-refractivity contribution in [3.05, 3.63) is 16.0 Å². The van der Waals surface area contributed by atoms with Crippen LogP contribution in [0.3, 0.4) is 0 Å². The van der Waals surface area contributed by atoms with Gasteiger partial charge in [0.2, 0.25) is 5.16 Å². The Balaban J connectivity index is 3.37. The van der Waals surface area contributed by atoms with E-state index in [0.717, 1.165) is 4.68 Å². The number of alkyl halides is 1. The standard InChI is InChI=1S/C8H13FN4OS/c1-8(2,4-9)5-6(14)13(10)7(15-3)12-11-5/h4,10H2,1-3H3. The molecular formula is C8H13FN4OS. The second-order valence-electron chi connectivity index (χ2n) is 3.73. The molecule has 0 aromatic carbocycles. The maximum atomic E-state index is 12.7. The summed E-state index contributed by atoms with van der Waals surface area (Å²) >= 11 is 1.21. The number of nitrogen functional groups attached to an aromatic ring is 1. The molecule has 1 aromatic rings. The van der Waals surface area contributed by atoms with E-state index in [9.17, 15) is 9.18 Å². The second kappa shape index (κ2) is 4.18. The monoisotopic (exact) mass is 232 g/mol. The van der Waals surface area contributed by atoms with Crippen LogP contribution in [0.2, 0.25) is 0 Å². The largest absolute Gasteiger partial charge is 0.334 e. The molecule has 2 N–H and O–H groups in total. The van der Waals surface area contributed by atoms with Gasteiger partial charge in [-0.3, -0.25) is 9.18 Å². The van der Waals surface area contributed by atoms with E-state index in [-0.39, 0.29) is 5.69 Å². The number of halogens is 1. The third kappa shape index (κ3) is 2.11. The Kier molecular flexibility index (Phi) is 3.33. The fourth-order valence-corrected chi connectivity index (χ4v) is 1.41. The predicted octanol–water partition coefficient (Wildman–Crippen LogP) is 0.321. The van der Waals surface area contributed by atoms with Crippen LogP contribution in [-0.4, -0.2) is 27.8 Å². The van der Waals surface area contributed by atoms with Crippen LogP contribution >= 0.6 is 11.8 Å². The molecule has 7 heteroatoms. The van der Waals surface area contributed by atoms with Gasteiger partial charge in [0.05, 0.1) is 0 Å². The maximum absolute atomic E-state index is 12.7. The lowest BCUT2D eigenvalue weighted by Gasteiger charge is -2.18. The van der Waals surface area contributed by atoms with Gasteiger partial charge in [0.15, 0.2) is 0 Å². The van der Waals surface area contributed by atoms with Crippen molar-refractivity contribution in [2.24, 2.45) is 0 Å². The highest BCUT2D eigenvalue weighted by Crippen LogP contribution is 2.18. The lowest BCUT2D eigenvalue weighted by Crippen LogP contribution is -2.39. The Hall–Kier alpha value is -1.11. The van der Waals surface area contributed by atoms with E-state index in [4.69, 9.17) is 5.84 Å². The van der Waals surface area contributed by atoms with E-state index in [0.29, 0.717) is 5.16 Å². The molecule has 0 fully saturated rings. The first-order chi connectivity index (χ1) is 6.94. The summed E-state index contributed by atoms with van der Waals surface area (Å²) in [7, 11) is 0. The molecule has 5 nitrogen and oxygen atoms in total. The van der Waals surface area contributed by atoms with E-state index < -0.39 is 17.6 Å².